The molecule has 0 aromatic carbocycles. The molecule has 3 heteroatoms. The normalized spacial score (nSPS) is 12.0. The average Bonchev–Trinajstić information content (AvgIpc) is 1.64. The zero-order valence-electron chi connectivity index (χ0n) is 6.05. The summed E-state index contributed by atoms with van der Waals surface area (Å²) in [5.41, 5.74) is 5.61. The van der Waals surface area contributed by atoms with Crippen LogP contribution in [0.15, 0.2) is 0 Å². The van der Waals surface area contributed by atoms with E-state index in [-0.39, 0.29) is 6.29 Å². The molecule has 3 nitrogen and oxygen atoms in total. The molecule has 2 N–H and O–H groups in total. The lowest BCUT2D eigenvalue weighted by Gasteiger charge is -2.25. The second-order valence-electron chi connectivity index (χ2n) is 2.34. The van der Waals surface area contributed by atoms with Crippen molar-refractivity contribution in [3.05, 3.63) is 0 Å². The van der Waals surface area contributed by atoms with E-state index in [2.05, 4.69) is 0 Å². The highest BCUT2D eigenvalue weighted by Crippen LogP contribution is 1.84. The number of hydrogen-bond donors (Lipinski definition) is 1. The number of nitrogens with zero attached hydrogens (tertiary/aromatic N) is 2. The zero-order valence-corrected chi connectivity index (χ0v) is 6.05. The first kappa shape index (κ1) is 7.88. The first-order valence-electron chi connectivity index (χ1n) is 2.64. The molecule has 50 valence electrons. The van der Waals surface area contributed by atoms with Gasteiger partial charge in [0.1, 0.15) is 6.29 Å². The SMILES string of the molecule is CN(C)C(N)N(C)C. The van der Waals surface area contributed by atoms with Crippen molar-refractivity contribution in [3.63, 3.8) is 0 Å². The quantitative estimate of drug-likeness (QED) is 0.488. The van der Waals surface area contributed by atoms with Gasteiger partial charge >= 0.3 is 0 Å². The Hall–Kier alpha value is -0.120. The van der Waals surface area contributed by atoms with Crippen molar-refractivity contribution in [2.75, 3.05) is 28.2 Å². The Morgan fingerprint density at radius 1 is 1.00 bits per heavy atom. The molecule has 0 aromatic rings. The molecule has 0 aliphatic carbocycles. The van der Waals surface area contributed by atoms with Gasteiger partial charge in [-0.2, -0.15) is 0 Å². The molecular weight excluding hydrogens is 102 g/mol. The Morgan fingerprint density at radius 2 is 1.25 bits per heavy atom. The lowest BCUT2D eigenvalue weighted by Crippen LogP contribution is -2.47. The Balaban J connectivity index is 3.46. The van der Waals surface area contributed by atoms with Crippen LogP contribution in [0.4, 0.5) is 0 Å². The van der Waals surface area contributed by atoms with Crippen molar-refractivity contribution in [2.24, 2.45) is 5.73 Å². The number of nitrogens with two attached hydrogens (primary N) is 1. The van der Waals surface area contributed by atoms with Gasteiger partial charge < -0.3 is 5.73 Å². The van der Waals surface area contributed by atoms with Gasteiger partial charge in [0.15, 0.2) is 0 Å². The predicted octanol–water partition coefficient (Wildman–Crippen LogP) is -0.648. The highest BCUT2D eigenvalue weighted by molar-refractivity contribution is 4.50. The summed E-state index contributed by atoms with van der Waals surface area (Å²) in [6.45, 7) is 0. The van der Waals surface area contributed by atoms with Crippen molar-refractivity contribution < 1.29 is 0 Å². The summed E-state index contributed by atoms with van der Waals surface area (Å²) >= 11 is 0. The van der Waals surface area contributed by atoms with Crippen molar-refractivity contribution in [1.82, 2.24) is 9.80 Å². The number of hydrogen-bond acceptors (Lipinski definition) is 3. The lowest BCUT2D eigenvalue weighted by atomic mass is 10.7. The highest BCUT2D eigenvalue weighted by atomic mass is 15.4. The van der Waals surface area contributed by atoms with Gasteiger partial charge in [-0.3, -0.25) is 9.80 Å². The Bertz CT molecular complexity index is 52.7. The third-order valence-corrected chi connectivity index (χ3v) is 1.06. The molecular formula is C5H15N3. The van der Waals surface area contributed by atoms with Crippen molar-refractivity contribution >= 4 is 0 Å². The van der Waals surface area contributed by atoms with Crippen LogP contribution in [0, 0.1) is 0 Å². The minimum absolute atomic E-state index is 0.0370. The molecule has 0 fully saturated rings. The standard InChI is InChI=1S/C5H15N3/c1-7(2)5(6)8(3)4/h5H,6H2,1-4H3. The average molecular weight is 117 g/mol. The van der Waals surface area contributed by atoms with E-state index in [0.717, 1.165) is 0 Å². The Morgan fingerprint density at radius 3 is 1.25 bits per heavy atom. The molecule has 0 unspecified atom stereocenters. The molecule has 0 atom stereocenters. The van der Waals surface area contributed by atoms with E-state index >= 15 is 0 Å². The summed E-state index contributed by atoms with van der Waals surface area (Å²) in [5, 5.41) is 0. The monoisotopic (exact) mass is 117 g/mol. The molecule has 0 rings (SSSR count). The summed E-state index contributed by atoms with van der Waals surface area (Å²) in [6, 6.07) is 0. The molecule has 0 heterocycles. The van der Waals surface area contributed by atoms with E-state index in [0.29, 0.717) is 0 Å². The van der Waals surface area contributed by atoms with Crippen LogP contribution >= 0.6 is 0 Å². The van der Waals surface area contributed by atoms with Gasteiger partial charge in [0.2, 0.25) is 0 Å². The molecule has 0 bridgehead atoms. The van der Waals surface area contributed by atoms with E-state index in [1.807, 2.05) is 38.0 Å². The van der Waals surface area contributed by atoms with Gasteiger partial charge in [-0.25, -0.2) is 0 Å². The predicted molar refractivity (Wildman–Crippen MR) is 35.3 cm³/mol. The summed E-state index contributed by atoms with van der Waals surface area (Å²) in [7, 11) is 7.80. The summed E-state index contributed by atoms with van der Waals surface area (Å²) in [6.07, 6.45) is 0.0370. The third-order valence-electron chi connectivity index (χ3n) is 1.06. The maximum Gasteiger partial charge on any atom is 0.113 e. The minimum Gasteiger partial charge on any atom is -0.303 e. The maximum atomic E-state index is 5.61. The van der Waals surface area contributed by atoms with E-state index < -0.39 is 0 Å². The maximum absolute atomic E-state index is 5.61. The molecule has 0 saturated heterocycles. The van der Waals surface area contributed by atoms with Gasteiger partial charge in [-0.15, -0.1) is 0 Å². The molecule has 0 radical (unpaired) electrons. The van der Waals surface area contributed by atoms with Crippen molar-refractivity contribution in [3.8, 4) is 0 Å². The first-order chi connectivity index (χ1) is 3.55. The van der Waals surface area contributed by atoms with Crippen molar-refractivity contribution in [2.45, 2.75) is 6.29 Å². The summed E-state index contributed by atoms with van der Waals surface area (Å²) in [5.74, 6) is 0. The summed E-state index contributed by atoms with van der Waals surface area (Å²) < 4.78 is 0. The second-order valence-corrected chi connectivity index (χ2v) is 2.34. The number of rotatable bonds is 2. The lowest BCUT2D eigenvalue weighted by molar-refractivity contribution is 0.136. The van der Waals surface area contributed by atoms with Gasteiger partial charge in [0, 0.05) is 0 Å². The van der Waals surface area contributed by atoms with Crippen LogP contribution in [0.1, 0.15) is 0 Å². The van der Waals surface area contributed by atoms with Gasteiger partial charge in [-0.1, -0.05) is 0 Å². The second kappa shape index (κ2) is 3.02. The Labute approximate surface area is 51.1 Å². The van der Waals surface area contributed by atoms with Crippen LogP contribution in [-0.4, -0.2) is 44.3 Å². The molecule has 0 aromatic heterocycles. The fourth-order valence-electron chi connectivity index (χ4n) is 0.462. The van der Waals surface area contributed by atoms with E-state index in [4.69, 9.17) is 5.73 Å². The van der Waals surface area contributed by atoms with E-state index in [9.17, 15) is 0 Å². The van der Waals surface area contributed by atoms with Gasteiger partial charge in [0.05, 0.1) is 0 Å². The van der Waals surface area contributed by atoms with Crippen LogP contribution in [0.3, 0.4) is 0 Å². The molecule has 0 aliphatic rings. The third kappa shape index (κ3) is 2.26. The van der Waals surface area contributed by atoms with Crippen LogP contribution in [0.2, 0.25) is 0 Å². The van der Waals surface area contributed by atoms with E-state index in [1.165, 1.54) is 0 Å². The fraction of sp³-hybridized carbons (Fsp3) is 1.00. The van der Waals surface area contributed by atoms with Gasteiger partial charge in [-0.05, 0) is 28.2 Å². The van der Waals surface area contributed by atoms with Crippen LogP contribution in [0.25, 0.3) is 0 Å². The molecule has 0 amide bonds. The van der Waals surface area contributed by atoms with Crippen LogP contribution in [0.5, 0.6) is 0 Å². The Kier molecular flexibility index (Phi) is 2.97. The molecule has 8 heavy (non-hydrogen) atoms. The smallest absolute Gasteiger partial charge is 0.113 e. The van der Waals surface area contributed by atoms with Crippen molar-refractivity contribution in [1.29, 1.82) is 0 Å². The fourth-order valence-corrected chi connectivity index (χ4v) is 0.462. The molecule has 0 saturated carbocycles. The van der Waals surface area contributed by atoms with E-state index in [1.54, 1.807) is 0 Å². The highest BCUT2D eigenvalue weighted by Gasteiger charge is 2.04. The topological polar surface area (TPSA) is 32.5 Å². The molecule has 0 aliphatic heterocycles. The van der Waals surface area contributed by atoms with Crippen LogP contribution in [-0.2, 0) is 0 Å². The summed E-state index contributed by atoms with van der Waals surface area (Å²) in [4.78, 5) is 3.89. The van der Waals surface area contributed by atoms with Gasteiger partial charge in [0.25, 0.3) is 0 Å². The zero-order chi connectivity index (χ0) is 6.73. The molecule has 0 spiro atoms. The minimum atomic E-state index is 0.0370. The largest absolute Gasteiger partial charge is 0.303 e. The van der Waals surface area contributed by atoms with Crippen LogP contribution < -0.4 is 5.73 Å². The first-order valence-corrected chi connectivity index (χ1v) is 2.64.